The Bertz CT molecular complexity index is 507. The van der Waals surface area contributed by atoms with Crippen molar-refractivity contribution < 1.29 is 13.5 Å². The van der Waals surface area contributed by atoms with Crippen molar-refractivity contribution in [3.8, 4) is 5.75 Å². The Kier molecular flexibility index (Phi) is 8.71. The van der Waals surface area contributed by atoms with E-state index in [1.54, 1.807) is 19.1 Å². The second kappa shape index (κ2) is 10.8. The second-order valence-electron chi connectivity index (χ2n) is 7.49. The molecule has 1 nitrogen and oxygen atoms in total. The van der Waals surface area contributed by atoms with Gasteiger partial charge in [-0.3, -0.25) is 0 Å². The number of hydrogen-bond donors (Lipinski definition) is 0. The van der Waals surface area contributed by atoms with E-state index in [4.69, 9.17) is 4.74 Å². The predicted molar refractivity (Wildman–Crippen MR) is 100 cm³/mol. The zero-order chi connectivity index (χ0) is 18.1. The molecule has 0 spiro atoms. The van der Waals surface area contributed by atoms with Crippen LogP contribution in [0.2, 0.25) is 0 Å². The summed E-state index contributed by atoms with van der Waals surface area (Å²) >= 11 is 0. The van der Waals surface area contributed by atoms with Crippen molar-refractivity contribution in [1.82, 2.24) is 0 Å². The van der Waals surface area contributed by atoms with Gasteiger partial charge in [-0.15, -0.1) is 0 Å². The smallest absolute Gasteiger partial charge is 0.200 e. The lowest BCUT2D eigenvalue weighted by Crippen LogP contribution is -2.15. The first-order chi connectivity index (χ1) is 12.2. The Morgan fingerprint density at radius 2 is 1.56 bits per heavy atom. The van der Waals surface area contributed by atoms with Crippen LogP contribution in [0.15, 0.2) is 12.1 Å². The number of benzene rings is 1. The SMILES string of the molecule is CCCCCCCC[C@H]1CC[C@H](c2ccc(OCC)c(F)c2F)CC1. The average Bonchev–Trinajstić information content (AvgIpc) is 2.63. The first-order valence-corrected chi connectivity index (χ1v) is 10.3. The molecule has 1 aliphatic rings. The largest absolute Gasteiger partial charge is 0.491 e. The van der Waals surface area contributed by atoms with Crippen molar-refractivity contribution in [2.24, 2.45) is 5.92 Å². The molecule has 1 fully saturated rings. The van der Waals surface area contributed by atoms with Gasteiger partial charge in [0.1, 0.15) is 0 Å². The average molecular weight is 353 g/mol. The molecule has 0 aromatic heterocycles. The highest BCUT2D eigenvalue weighted by Crippen LogP contribution is 2.40. The molecule has 142 valence electrons. The fourth-order valence-corrected chi connectivity index (χ4v) is 4.10. The summed E-state index contributed by atoms with van der Waals surface area (Å²) in [7, 11) is 0. The number of hydrogen-bond acceptors (Lipinski definition) is 1. The van der Waals surface area contributed by atoms with Gasteiger partial charge in [-0.2, -0.15) is 4.39 Å². The molecule has 1 aliphatic carbocycles. The molecule has 2 rings (SSSR count). The Labute approximate surface area is 152 Å². The highest BCUT2D eigenvalue weighted by atomic mass is 19.2. The molecular formula is C22H34F2O. The van der Waals surface area contributed by atoms with Crippen LogP contribution in [0.4, 0.5) is 8.78 Å². The van der Waals surface area contributed by atoms with Crippen LogP contribution in [0.5, 0.6) is 5.75 Å². The van der Waals surface area contributed by atoms with Crippen LogP contribution in [-0.4, -0.2) is 6.61 Å². The van der Waals surface area contributed by atoms with Crippen molar-refractivity contribution in [1.29, 1.82) is 0 Å². The molecule has 1 aromatic carbocycles. The van der Waals surface area contributed by atoms with Gasteiger partial charge in [0.2, 0.25) is 5.82 Å². The molecule has 1 saturated carbocycles. The quantitative estimate of drug-likeness (QED) is 0.399. The van der Waals surface area contributed by atoms with Crippen LogP contribution < -0.4 is 4.74 Å². The minimum Gasteiger partial charge on any atom is -0.491 e. The monoisotopic (exact) mass is 352 g/mol. The van der Waals surface area contributed by atoms with Crippen molar-refractivity contribution in [2.45, 2.75) is 90.4 Å². The lowest BCUT2D eigenvalue weighted by molar-refractivity contribution is 0.291. The number of rotatable bonds is 10. The van der Waals surface area contributed by atoms with Crippen molar-refractivity contribution in [3.63, 3.8) is 0 Å². The van der Waals surface area contributed by atoms with E-state index in [-0.39, 0.29) is 11.7 Å². The van der Waals surface area contributed by atoms with Gasteiger partial charge < -0.3 is 4.74 Å². The maximum atomic E-state index is 14.4. The van der Waals surface area contributed by atoms with Gasteiger partial charge in [-0.25, -0.2) is 4.39 Å². The minimum atomic E-state index is -0.825. The molecule has 0 radical (unpaired) electrons. The Balaban J connectivity index is 1.77. The standard InChI is InChI=1S/C22H34F2O/c1-3-5-6-7-8-9-10-17-11-13-18(14-12-17)19-15-16-20(25-4-2)22(24)21(19)23/h15-18H,3-14H2,1-2H3/t17-,18-. The van der Waals surface area contributed by atoms with E-state index in [1.165, 1.54) is 44.9 Å². The third-order valence-electron chi connectivity index (χ3n) is 5.63. The van der Waals surface area contributed by atoms with E-state index >= 15 is 0 Å². The van der Waals surface area contributed by atoms with Crippen LogP contribution >= 0.6 is 0 Å². The van der Waals surface area contributed by atoms with Crippen molar-refractivity contribution in [3.05, 3.63) is 29.3 Å². The normalized spacial score (nSPS) is 20.6. The first-order valence-electron chi connectivity index (χ1n) is 10.3. The third kappa shape index (κ3) is 5.97. The van der Waals surface area contributed by atoms with Crippen molar-refractivity contribution >= 4 is 0 Å². The first kappa shape index (κ1) is 20.2. The van der Waals surface area contributed by atoms with Gasteiger partial charge >= 0.3 is 0 Å². The van der Waals surface area contributed by atoms with Crippen LogP contribution in [-0.2, 0) is 0 Å². The van der Waals surface area contributed by atoms with Gasteiger partial charge in [0.25, 0.3) is 0 Å². The van der Waals surface area contributed by atoms with Gasteiger partial charge in [0, 0.05) is 0 Å². The molecule has 0 atom stereocenters. The molecule has 25 heavy (non-hydrogen) atoms. The summed E-state index contributed by atoms with van der Waals surface area (Å²) in [5.74, 6) is -0.566. The molecule has 0 aliphatic heterocycles. The summed E-state index contributed by atoms with van der Waals surface area (Å²) in [6.07, 6.45) is 13.6. The molecule has 0 N–H and O–H groups in total. The number of halogens is 2. The maximum absolute atomic E-state index is 14.4. The number of unbranched alkanes of at least 4 members (excludes halogenated alkanes) is 5. The topological polar surface area (TPSA) is 9.23 Å². The van der Waals surface area contributed by atoms with Crippen LogP contribution in [0.3, 0.4) is 0 Å². The van der Waals surface area contributed by atoms with E-state index in [1.807, 2.05) is 0 Å². The number of ether oxygens (including phenoxy) is 1. The summed E-state index contributed by atoms with van der Waals surface area (Å²) in [5.41, 5.74) is 0.541. The van der Waals surface area contributed by atoms with Gasteiger partial charge in [-0.05, 0) is 56.1 Å². The summed E-state index contributed by atoms with van der Waals surface area (Å²) in [5, 5.41) is 0. The molecule has 0 amide bonds. The fraction of sp³-hybridized carbons (Fsp3) is 0.727. The maximum Gasteiger partial charge on any atom is 0.200 e. The summed E-state index contributed by atoms with van der Waals surface area (Å²) in [4.78, 5) is 0. The Morgan fingerprint density at radius 1 is 0.880 bits per heavy atom. The van der Waals surface area contributed by atoms with E-state index in [9.17, 15) is 8.78 Å². The molecular weight excluding hydrogens is 318 g/mol. The second-order valence-corrected chi connectivity index (χ2v) is 7.49. The van der Waals surface area contributed by atoms with Gasteiger partial charge in [0.15, 0.2) is 11.6 Å². The Hall–Kier alpha value is -1.12. The minimum absolute atomic E-state index is 0.0282. The fourth-order valence-electron chi connectivity index (χ4n) is 4.10. The van der Waals surface area contributed by atoms with Crippen molar-refractivity contribution in [2.75, 3.05) is 6.61 Å². The van der Waals surface area contributed by atoms with Gasteiger partial charge in [0.05, 0.1) is 6.61 Å². The lowest BCUT2D eigenvalue weighted by Gasteiger charge is -2.29. The molecule has 0 bridgehead atoms. The molecule has 0 unspecified atom stereocenters. The third-order valence-corrected chi connectivity index (χ3v) is 5.63. The Morgan fingerprint density at radius 3 is 2.24 bits per heavy atom. The highest BCUT2D eigenvalue weighted by Gasteiger charge is 2.26. The van der Waals surface area contributed by atoms with Crippen LogP contribution in [0.25, 0.3) is 0 Å². The molecule has 1 aromatic rings. The lowest BCUT2D eigenvalue weighted by atomic mass is 9.77. The summed E-state index contributed by atoms with van der Waals surface area (Å²) < 4.78 is 33.6. The summed E-state index contributed by atoms with van der Waals surface area (Å²) in [6.45, 7) is 4.37. The van der Waals surface area contributed by atoms with Crippen LogP contribution in [0, 0.1) is 17.6 Å². The van der Waals surface area contributed by atoms with E-state index < -0.39 is 11.6 Å². The van der Waals surface area contributed by atoms with Crippen LogP contribution in [0.1, 0.15) is 96.0 Å². The molecule has 0 heterocycles. The molecule has 0 saturated heterocycles. The predicted octanol–water partition coefficient (Wildman–Crippen LogP) is 7.39. The highest BCUT2D eigenvalue weighted by molar-refractivity contribution is 5.33. The van der Waals surface area contributed by atoms with E-state index in [0.717, 1.165) is 31.6 Å². The van der Waals surface area contributed by atoms with E-state index in [0.29, 0.717) is 12.2 Å². The zero-order valence-electron chi connectivity index (χ0n) is 16.0. The molecule has 3 heteroatoms. The summed E-state index contributed by atoms with van der Waals surface area (Å²) in [6, 6.07) is 3.31. The zero-order valence-corrected chi connectivity index (χ0v) is 16.0. The van der Waals surface area contributed by atoms with Gasteiger partial charge in [-0.1, -0.05) is 57.9 Å². The van der Waals surface area contributed by atoms with E-state index in [2.05, 4.69) is 6.92 Å².